The van der Waals surface area contributed by atoms with E-state index in [4.69, 9.17) is 4.74 Å². The summed E-state index contributed by atoms with van der Waals surface area (Å²) >= 11 is 5.01. The van der Waals surface area contributed by atoms with E-state index in [1.807, 2.05) is 19.1 Å². The number of hydrogen-bond acceptors (Lipinski definition) is 3. The molecule has 1 aromatic heterocycles. The van der Waals surface area contributed by atoms with Crippen LogP contribution in [0.4, 0.5) is 0 Å². The number of rotatable bonds is 6. The van der Waals surface area contributed by atoms with Crippen molar-refractivity contribution < 1.29 is 9.53 Å². The second kappa shape index (κ2) is 6.40. The quantitative estimate of drug-likeness (QED) is 0.804. The molecule has 0 aliphatic carbocycles. The number of hydrogen-bond donors (Lipinski definition) is 0. The van der Waals surface area contributed by atoms with Gasteiger partial charge >= 0.3 is 0 Å². The second-order valence-corrected chi connectivity index (χ2v) is 6.23. The lowest BCUT2D eigenvalue weighted by Gasteiger charge is -2.07. The van der Waals surface area contributed by atoms with E-state index in [9.17, 15) is 4.79 Å². The third kappa shape index (κ3) is 4.91. The van der Waals surface area contributed by atoms with Gasteiger partial charge in [0.2, 0.25) is 0 Å². The minimum absolute atomic E-state index is 0.286. The number of methoxy groups -OCH3 is 1. The van der Waals surface area contributed by atoms with E-state index in [0.717, 1.165) is 8.66 Å². The zero-order valence-electron chi connectivity index (χ0n) is 8.96. The van der Waals surface area contributed by atoms with Gasteiger partial charge in [0.15, 0.2) is 0 Å². The monoisotopic (exact) mass is 290 g/mol. The lowest BCUT2D eigenvalue weighted by molar-refractivity contribution is -0.119. The van der Waals surface area contributed by atoms with E-state index in [2.05, 4.69) is 15.9 Å². The van der Waals surface area contributed by atoms with Crippen molar-refractivity contribution >= 4 is 33.0 Å². The third-order valence-electron chi connectivity index (χ3n) is 2.03. The summed E-state index contributed by atoms with van der Waals surface area (Å²) in [6.07, 6.45) is 1.15. The van der Waals surface area contributed by atoms with Crippen LogP contribution in [-0.4, -0.2) is 19.5 Å². The van der Waals surface area contributed by atoms with Crippen LogP contribution in [0, 0.1) is 5.92 Å². The summed E-state index contributed by atoms with van der Waals surface area (Å²) in [6.45, 7) is 2.69. The first-order chi connectivity index (χ1) is 7.11. The fourth-order valence-corrected chi connectivity index (χ4v) is 2.96. The Bertz CT molecular complexity index is 322. The van der Waals surface area contributed by atoms with Crippen LogP contribution >= 0.6 is 27.3 Å². The molecule has 0 amide bonds. The summed E-state index contributed by atoms with van der Waals surface area (Å²) < 4.78 is 6.08. The number of ether oxygens (including phenoxy) is 1. The maximum Gasteiger partial charge on any atom is 0.138 e. The summed E-state index contributed by atoms with van der Waals surface area (Å²) in [4.78, 5) is 12.8. The Morgan fingerprint density at radius 1 is 1.60 bits per heavy atom. The van der Waals surface area contributed by atoms with Crippen LogP contribution in [0.25, 0.3) is 0 Å². The molecule has 0 saturated heterocycles. The van der Waals surface area contributed by atoms with Crippen molar-refractivity contribution in [2.45, 2.75) is 19.8 Å². The smallest absolute Gasteiger partial charge is 0.138 e. The first-order valence-corrected chi connectivity index (χ1v) is 6.47. The molecule has 1 heterocycles. The van der Waals surface area contributed by atoms with Gasteiger partial charge < -0.3 is 4.74 Å². The molecule has 0 fully saturated rings. The Kier molecular flexibility index (Phi) is 5.50. The van der Waals surface area contributed by atoms with Crippen LogP contribution in [-0.2, 0) is 16.0 Å². The lowest BCUT2D eigenvalue weighted by atomic mass is 10.0. The molecule has 0 spiro atoms. The first-order valence-electron chi connectivity index (χ1n) is 4.86. The van der Waals surface area contributed by atoms with E-state index >= 15 is 0 Å². The lowest BCUT2D eigenvalue weighted by Crippen LogP contribution is -2.11. The molecule has 84 valence electrons. The molecule has 4 heteroatoms. The second-order valence-electron chi connectivity index (χ2n) is 3.69. The van der Waals surface area contributed by atoms with E-state index in [1.165, 1.54) is 0 Å². The standard InChI is InChI=1S/C11H15BrO2S/c1-8(7-14-2)5-9(13)6-10-3-4-11(12)15-10/h3-4,8H,5-7H2,1-2H3. The predicted octanol–water partition coefficient (Wildman–Crippen LogP) is 3.29. The molecular weight excluding hydrogens is 276 g/mol. The predicted molar refractivity (Wildman–Crippen MR) is 66.4 cm³/mol. The van der Waals surface area contributed by atoms with Crippen LogP contribution in [0.2, 0.25) is 0 Å². The van der Waals surface area contributed by atoms with E-state index in [-0.39, 0.29) is 5.78 Å². The molecule has 1 atom stereocenters. The summed E-state index contributed by atoms with van der Waals surface area (Å²) in [5.41, 5.74) is 0. The number of Topliss-reactive ketones (excluding diaryl/α,β-unsaturated/α-hetero) is 1. The van der Waals surface area contributed by atoms with Crippen LogP contribution < -0.4 is 0 Å². The molecule has 0 radical (unpaired) electrons. The summed E-state index contributed by atoms with van der Waals surface area (Å²) in [5, 5.41) is 0. The van der Waals surface area contributed by atoms with Crippen molar-refractivity contribution in [3.8, 4) is 0 Å². The molecule has 1 rings (SSSR count). The van der Waals surface area contributed by atoms with Gasteiger partial charge in [-0.05, 0) is 34.0 Å². The Balaban J connectivity index is 2.36. The van der Waals surface area contributed by atoms with Crippen molar-refractivity contribution in [1.82, 2.24) is 0 Å². The maximum atomic E-state index is 11.6. The van der Waals surface area contributed by atoms with E-state index < -0.39 is 0 Å². The highest BCUT2D eigenvalue weighted by Crippen LogP contribution is 2.23. The molecule has 0 aromatic carbocycles. The van der Waals surface area contributed by atoms with Crippen molar-refractivity contribution in [3.63, 3.8) is 0 Å². The maximum absolute atomic E-state index is 11.6. The topological polar surface area (TPSA) is 26.3 Å². The van der Waals surface area contributed by atoms with Gasteiger partial charge in [0.25, 0.3) is 0 Å². The van der Waals surface area contributed by atoms with Crippen LogP contribution in [0.3, 0.4) is 0 Å². The molecule has 0 aliphatic heterocycles. The molecule has 0 N–H and O–H groups in total. The zero-order valence-corrected chi connectivity index (χ0v) is 11.4. The highest BCUT2D eigenvalue weighted by molar-refractivity contribution is 9.11. The first kappa shape index (κ1) is 12.9. The average Bonchev–Trinajstić information content (AvgIpc) is 2.51. The number of carbonyl (C=O) groups excluding carboxylic acids is 1. The third-order valence-corrected chi connectivity index (χ3v) is 3.65. The van der Waals surface area contributed by atoms with Crippen molar-refractivity contribution in [2.24, 2.45) is 5.92 Å². The van der Waals surface area contributed by atoms with Crippen molar-refractivity contribution in [1.29, 1.82) is 0 Å². The Labute approximate surface area is 103 Å². The van der Waals surface area contributed by atoms with E-state index in [0.29, 0.717) is 25.4 Å². The molecule has 15 heavy (non-hydrogen) atoms. The normalized spacial score (nSPS) is 12.7. The Morgan fingerprint density at radius 3 is 2.87 bits per heavy atom. The number of halogens is 1. The van der Waals surface area contributed by atoms with Gasteiger partial charge in [-0.15, -0.1) is 11.3 Å². The van der Waals surface area contributed by atoms with Crippen molar-refractivity contribution in [3.05, 3.63) is 20.8 Å². The van der Waals surface area contributed by atoms with Gasteiger partial charge in [-0.3, -0.25) is 4.79 Å². The SMILES string of the molecule is COCC(C)CC(=O)Cc1ccc(Br)s1. The Morgan fingerprint density at radius 2 is 2.33 bits per heavy atom. The van der Waals surface area contributed by atoms with Crippen molar-refractivity contribution in [2.75, 3.05) is 13.7 Å². The fraction of sp³-hybridized carbons (Fsp3) is 0.545. The van der Waals surface area contributed by atoms with Crippen LogP contribution in [0.5, 0.6) is 0 Å². The van der Waals surface area contributed by atoms with Gasteiger partial charge in [-0.2, -0.15) is 0 Å². The minimum Gasteiger partial charge on any atom is -0.384 e. The highest BCUT2D eigenvalue weighted by Gasteiger charge is 2.10. The minimum atomic E-state index is 0.286. The van der Waals surface area contributed by atoms with Gasteiger partial charge in [-0.25, -0.2) is 0 Å². The largest absolute Gasteiger partial charge is 0.384 e. The molecule has 2 nitrogen and oxygen atoms in total. The number of ketones is 1. The zero-order chi connectivity index (χ0) is 11.3. The van der Waals surface area contributed by atoms with Crippen LogP contribution in [0.15, 0.2) is 15.9 Å². The molecule has 0 aliphatic rings. The number of thiophene rings is 1. The van der Waals surface area contributed by atoms with Crippen LogP contribution in [0.1, 0.15) is 18.2 Å². The molecule has 0 saturated carbocycles. The Hall–Kier alpha value is -0.190. The molecule has 0 bridgehead atoms. The van der Waals surface area contributed by atoms with Gasteiger partial charge in [0, 0.05) is 31.4 Å². The average molecular weight is 291 g/mol. The van der Waals surface area contributed by atoms with Gasteiger partial charge in [0.05, 0.1) is 3.79 Å². The van der Waals surface area contributed by atoms with E-state index in [1.54, 1.807) is 18.4 Å². The summed E-state index contributed by atoms with van der Waals surface area (Å²) in [6, 6.07) is 3.97. The molecular formula is C11H15BrO2S. The molecule has 1 aromatic rings. The summed E-state index contributed by atoms with van der Waals surface area (Å²) in [5.74, 6) is 0.597. The van der Waals surface area contributed by atoms with Gasteiger partial charge in [-0.1, -0.05) is 6.92 Å². The number of carbonyl (C=O) groups is 1. The highest BCUT2D eigenvalue weighted by atomic mass is 79.9. The fourth-order valence-electron chi connectivity index (χ4n) is 1.45. The summed E-state index contributed by atoms with van der Waals surface area (Å²) in [7, 11) is 1.66. The molecule has 1 unspecified atom stereocenters. The van der Waals surface area contributed by atoms with Gasteiger partial charge in [0.1, 0.15) is 5.78 Å².